The molecule has 0 bridgehead atoms. The molecule has 3 aromatic heterocycles. The smallest absolute Gasteiger partial charge is 0.277 e. The first kappa shape index (κ1) is 17.4. The van der Waals surface area contributed by atoms with Crippen molar-refractivity contribution in [3.63, 3.8) is 0 Å². The van der Waals surface area contributed by atoms with E-state index in [2.05, 4.69) is 25.5 Å². The van der Waals surface area contributed by atoms with Crippen LogP contribution in [0.2, 0.25) is 0 Å². The molecule has 3 heterocycles. The number of thioether (sulfide) groups is 2. The number of carbonyl (C=O) groups excluding carboxylic acids is 1. The second-order valence-electron chi connectivity index (χ2n) is 5.07. The van der Waals surface area contributed by atoms with Crippen LogP contribution in [0.1, 0.15) is 17.3 Å². The summed E-state index contributed by atoms with van der Waals surface area (Å²) in [7, 11) is 0. The molecule has 3 aromatic rings. The topological polar surface area (TPSA) is 126 Å². The molecule has 0 unspecified atom stereocenters. The van der Waals surface area contributed by atoms with Crippen LogP contribution in [0.5, 0.6) is 0 Å². The van der Waals surface area contributed by atoms with Crippen LogP contribution in [0.4, 0.5) is 0 Å². The van der Waals surface area contributed by atoms with Crippen LogP contribution in [0, 0.1) is 13.8 Å². The fraction of sp³-hybridized carbons (Fsp3) is 0.286. The van der Waals surface area contributed by atoms with Crippen LogP contribution in [0.3, 0.4) is 0 Å². The van der Waals surface area contributed by atoms with E-state index in [1.807, 2.05) is 32.0 Å². The Balaban J connectivity index is 1.59. The molecule has 0 aliphatic heterocycles. The summed E-state index contributed by atoms with van der Waals surface area (Å²) in [6.45, 7) is 3.90. The van der Waals surface area contributed by atoms with E-state index in [9.17, 15) is 4.79 Å². The lowest BCUT2D eigenvalue weighted by Gasteiger charge is -2.03. The van der Waals surface area contributed by atoms with Gasteiger partial charge in [-0.25, -0.2) is 4.68 Å². The largest absolute Gasteiger partial charge is 0.415 e. The summed E-state index contributed by atoms with van der Waals surface area (Å²) in [5.41, 5.74) is 7.00. The summed E-state index contributed by atoms with van der Waals surface area (Å²) < 4.78 is 7.16. The molecule has 0 saturated heterocycles. The van der Waals surface area contributed by atoms with Gasteiger partial charge in [-0.3, -0.25) is 4.79 Å². The van der Waals surface area contributed by atoms with Gasteiger partial charge in [0.15, 0.2) is 5.82 Å². The third-order valence-corrected chi connectivity index (χ3v) is 4.73. The Morgan fingerprint density at radius 2 is 2.04 bits per heavy atom. The Kier molecular flexibility index (Phi) is 5.34. The summed E-state index contributed by atoms with van der Waals surface area (Å²) in [5, 5.41) is 21.6. The van der Waals surface area contributed by atoms with Crippen LogP contribution in [-0.4, -0.2) is 41.8 Å². The van der Waals surface area contributed by atoms with Crippen molar-refractivity contribution in [3.05, 3.63) is 35.5 Å². The van der Waals surface area contributed by atoms with Crippen molar-refractivity contribution in [1.82, 2.24) is 30.2 Å². The van der Waals surface area contributed by atoms with Gasteiger partial charge in [-0.2, -0.15) is 5.10 Å². The van der Waals surface area contributed by atoms with Crippen LogP contribution in [0.25, 0.3) is 5.82 Å². The molecule has 0 saturated carbocycles. The van der Waals surface area contributed by atoms with Crippen molar-refractivity contribution < 1.29 is 9.21 Å². The summed E-state index contributed by atoms with van der Waals surface area (Å²) in [5.74, 6) is 1.24. The minimum absolute atomic E-state index is 0.105. The molecule has 2 N–H and O–H groups in total. The van der Waals surface area contributed by atoms with Crippen molar-refractivity contribution >= 4 is 29.4 Å². The minimum Gasteiger partial charge on any atom is -0.415 e. The van der Waals surface area contributed by atoms with Gasteiger partial charge in [0.05, 0.1) is 17.2 Å². The first-order chi connectivity index (χ1) is 12.0. The van der Waals surface area contributed by atoms with Crippen molar-refractivity contribution in [2.45, 2.75) is 29.8 Å². The van der Waals surface area contributed by atoms with Crippen LogP contribution < -0.4 is 5.73 Å². The van der Waals surface area contributed by atoms with Crippen molar-refractivity contribution in [2.24, 2.45) is 5.73 Å². The summed E-state index contributed by atoms with van der Waals surface area (Å²) in [6.07, 6.45) is 0. The Labute approximate surface area is 151 Å². The second kappa shape index (κ2) is 7.66. The molecule has 0 radical (unpaired) electrons. The maximum absolute atomic E-state index is 10.7. The van der Waals surface area contributed by atoms with E-state index in [-0.39, 0.29) is 5.75 Å². The Bertz CT molecular complexity index is 876. The lowest BCUT2D eigenvalue weighted by Crippen LogP contribution is -2.12. The number of aryl methyl sites for hydroxylation is 2. The highest BCUT2D eigenvalue weighted by Crippen LogP contribution is 2.22. The van der Waals surface area contributed by atoms with E-state index in [0.29, 0.717) is 22.7 Å². The first-order valence-corrected chi connectivity index (χ1v) is 9.22. The molecular weight excluding hydrogens is 362 g/mol. The molecule has 0 aromatic carbocycles. The van der Waals surface area contributed by atoms with Gasteiger partial charge in [0.1, 0.15) is 5.03 Å². The number of hydrogen-bond donors (Lipinski definition) is 1. The van der Waals surface area contributed by atoms with Gasteiger partial charge in [0.25, 0.3) is 5.22 Å². The molecule has 0 aliphatic carbocycles. The number of nitrogens with two attached hydrogens (primary N) is 1. The number of rotatable bonds is 7. The van der Waals surface area contributed by atoms with Gasteiger partial charge in [-0.1, -0.05) is 23.5 Å². The van der Waals surface area contributed by atoms with E-state index < -0.39 is 5.91 Å². The quantitative estimate of drug-likeness (QED) is 0.610. The Hall–Kier alpha value is -2.40. The normalized spacial score (nSPS) is 11.0. The van der Waals surface area contributed by atoms with E-state index in [1.165, 1.54) is 11.8 Å². The van der Waals surface area contributed by atoms with Gasteiger partial charge in [0.2, 0.25) is 11.8 Å². The van der Waals surface area contributed by atoms with Crippen LogP contribution in [-0.2, 0) is 10.5 Å². The van der Waals surface area contributed by atoms with E-state index in [4.69, 9.17) is 10.2 Å². The number of amides is 1. The monoisotopic (exact) mass is 377 g/mol. The third-order valence-electron chi connectivity index (χ3n) is 2.98. The van der Waals surface area contributed by atoms with E-state index >= 15 is 0 Å². The highest BCUT2D eigenvalue weighted by atomic mass is 32.2. The number of aromatic nitrogens is 6. The van der Waals surface area contributed by atoms with Gasteiger partial charge >= 0.3 is 0 Å². The molecule has 0 atom stereocenters. The van der Waals surface area contributed by atoms with Crippen molar-refractivity contribution in [2.75, 3.05) is 5.75 Å². The fourth-order valence-electron chi connectivity index (χ4n) is 1.99. The number of primary amides is 1. The molecule has 130 valence electrons. The summed E-state index contributed by atoms with van der Waals surface area (Å²) in [4.78, 5) is 10.7. The SMILES string of the molecule is Cc1cc(C)n(-c2ccc(SCc3nnc(SCC(N)=O)o3)nn2)n1. The number of nitrogens with zero attached hydrogens (tertiary/aromatic N) is 6. The van der Waals surface area contributed by atoms with Gasteiger partial charge in [-0.05, 0) is 32.0 Å². The lowest BCUT2D eigenvalue weighted by molar-refractivity contribution is -0.115. The molecule has 0 spiro atoms. The lowest BCUT2D eigenvalue weighted by atomic mass is 10.4. The van der Waals surface area contributed by atoms with Gasteiger partial charge in [-0.15, -0.1) is 20.4 Å². The van der Waals surface area contributed by atoms with Gasteiger partial charge in [0, 0.05) is 5.69 Å². The van der Waals surface area contributed by atoms with Gasteiger partial charge < -0.3 is 10.2 Å². The number of carbonyl (C=O) groups is 1. The predicted octanol–water partition coefficient (Wildman–Crippen LogP) is 1.53. The molecule has 1 amide bonds. The standard InChI is InChI=1S/C14H15N7O2S2/c1-8-5-9(2)21(20-8)11-3-4-13(18-16-11)24-7-12-17-19-14(23-12)25-6-10(15)22/h3-5H,6-7H2,1-2H3,(H2,15,22). The average Bonchev–Trinajstić information content (AvgIpc) is 3.17. The Morgan fingerprint density at radius 1 is 1.20 bits per heavy atom. The number of hydrogen-bond acceptors (Lipinski definition) is 9. The minimum atomic E-state index is -0.433. The summed E-state index contributed by atoms with van der Waals surface area (Å²) in [6, 6.07) is 5.70. The third kappa shape index (κ3) is 4.57. The van der Waals surface area contributed by atoms with Crippen molar-refractivity contribution in [1.29, 1.82) is 0 Å². The summed E-state index contributed by atoms with van der Waals surface area (Å²) >= 11 is 2.54. The molecule has 0 aliphatic rings. The molecular formula is C14H15N7O2S2. The van der Waals surface area contributed by atoms with Crippen LogP contribution in [0.15, 0.2) is 32.9 Å². The molecule has 0 fully saturated rings. The maximum Gasteiger partial charge on any atom is 0.277 e. The predicted molar refractivity (Wildman–Crippen MR) is 92.4 cm³/mol. The highest BCUT2D eigenvalue weighted by Gasteiger charge is 2.10. The maximum atomic E-state index is 10.7. The average molecular weight is 377 g/mol. The zero-order valence-corrected chi connectivity index (χ0v) is 15.2. The fourth-order valence-corrected chi connectivity index (χ4v) is 3.16. The van der Waals surface area contributed by atoms with Crippen LogP contribution >= 0.6 is 23.5 Å². The molecule has 11 heteroatoms. The Morgan fingerprint density at radius 3 is 2.68 bits per heavy atom. The molecule has 3 rings (SSSR count). The highest BCUT2D eigenvalue weighted by molar-refractivity contribution is 7.99. The van der Waals surface area contributed by atoms with E-state index in [1.54, 1.807) is 4.68 Å². The molecule has 25 heavy (non-hydrogen) atoms. The first-order valence-electron chi connectivity index (χ1n) is 7.25. The van der Waals surface area contributed by atoms with Crippen molar-refractivity contribution in [3.8, 4) is 5.82 Å². The molecule has 9 nitrogen and oxygen atoms in total. The zero-order chi connectivity index (χ0) is 17.8. The second-order valence-corrected chi connectivity index (χ2v) is 7.00. The van der Waals surface area contributed by atoms with E-state index in [0.717, 1.165) is 28.2 Å². The zero-order valence-electron chi connectivity index (χ0n) is 13.5.